The number of nitrogens with one attached hydrogen (secondary N) is 2. The lowest BCUT2D eigenvalue weighted by atomic mass is 9.90. The van der Waals surface area contributed by atoms with Crippen LogP contribution >= 0.6 is 0 Å². The molecule has 0 spiro atoms. The number of alkyl carbamates (subject to hydrolysis) is 1. The van der Waals surface area contributed by atoms with Crippen LogP contribution in [0, 0.1) is 27.7 Å². The fraction of sp³-hybridized carbons (Fsp3) is 0.515. The number of nitrogens with two attached hydrogens (primary N) is 1. The van der Waals surface area contributed by atoms with E-state index < -0.39 is 47.0 Å². The average molecular weight is 581 g/mol. The summed E-state index contributed by atoms with van der Waals surface area (Å²) < 4.78 is 5.43. The van der Waals surface area contributed by atoms with E-state index in [2.05, 4.69) is 10.6 Å². The lowest BCUT2D eigenvalue weighted by Crippen LogP contribution is -2.59. The molecule has 9 heteroatoms. The molecule has 0 saturated carbocycles. The predicted molar refractivity (Wildman–Crippen MR) is 166 cm³/mol. The summed E-state index contributed by atoms with van der Waals surface area (Å²) in [4.78, 5) is 55.0. The number of carbonyl (C=O) groups excluding carboxylic acids is 4. The van der Waals surface area contributed by atoms with Crippen molar-refractivity contribution in [3.8, 4) is 0 Å². The van der Waals surface area contributed by atoms with E-state index in [0.29, 0.717) is 17.7 Å². The number of para-hydroxylation sites is 1. The summed E-state index contributed by atoms with van der Waals surface area (Å²) in [5.41, 5.74) is 8.89. The summed E-state index contributed by atoms with van der Waals surface area (Å²) >= 11 is 0. The summed E-state index contributed by atoms with van der Waals surface area (Å²) in [7, 11) is 0. The number of primary amides is 1. The minimum atomic E-state index is -1.17. The van der Waals surface area contributed by atoms with E-state index in [-0.39, 0.29) is 12.8 Å². The molecule has 0 radical (unpaired) electrons. The van der Waals surface area contributed by atoms with Gasteiger partial charge in [-0.3, -0.25) is 14.4 Å². The molecule has 2 aromatic rings. The number of benzene rings is 2. The highest BCUT2D eigenvalue weighted by Crippen LogP contribution is 2.35. The number of anilines is 1. The first kappa shape index (κ1) is 34.3. The maximum atomic E-state index is 14.5. The van der Waals surface area contributed by atoms with Gasteiger partial charge in [0.2, 0.25) is 11.8 Å². The molecular weight excluding hydrogens is 532 g/mol. The molecule has 2 atom stereocenters. The van der Waals surface area contributed by atoms with E-state index in [0.717, 1.165) is 22.3 Å². The molecule has 4 amide bonds. The van der Waals surface area contributed by atoms with Crippen molar-refractivity contribution >= 4 is 29.5 Å². The molecule has 42 heavy (non-hydrogen) atoms. The number of hydrogen-bond acceptors (Lipinski definition) is 5. The Bertz CT molecular complexity index is 1290. The Labute approximate surface area is 250 Å². The second-order valence-corrected chi connectivity index (χ2v) is 12.6. The third kappa shape index (κ3) is 9.06. The Morgan fingerprint density at radius 1 is 0.905 bits per heavy atom. The Morgan fingerprint density at radius 2 is 1.50 bits per heavy atom. The topological polar surface area (TPSA) is 131 Å². The Hall–Kier alpha value is -3.88. The highest BCUT2D eigenvalue weighted by atomic mass is 16.6. The van der Waals surface area contributed by atoms with Crippen molar-refractivity contribution < 1.29 is 23.9 Å². The summed E-state index contributed by atoms with van der Waals surface area (Å²) in [6.45, 7) is 18.6. The van der Waals surface area contributed by atoms with Crippen LogP contribution in [0.2, 0.25) is 0 Å². The fourth-order valence-electron chi connectivity index (χ4n) is 4.66. The predicted octanol–water partition coefficient (Wildman–Crippen LogP) is 5.78. The molecule has 0 bridgehead atoms. The van der Waals surface area contributed by atoms with Gasteiger partial charge in [0.25, 0.3) is 5.91 Å². The molecular formula is C33H48N4O5. The molecule has 2 rings (SSSR count). The van der Waals surface area contributed by atoms with Gasteiger partial charge in [-0.25, -0.2) is 4.79 Å². The number of nitrogens with zero attached hydrogens (tertiary/aromatic N) is 1. The zero-order chi connectivity index (χ0) is 32.0. The van der Waals surface area contributed by atoms with Gasteiger partial charge in [-0.15, -0.1) is 0 Å². The zero-order valence-electron chi connectivity index (χ0n) is 26.8. The van der Waals surface area contributed by atoms with Gasteiger partial charge in [-0.2, -0.15) is 0 Å². The van der Waals surface area contributed by atoms with Crippen LogP contribution in [-0.4, -0.2) is 45.9 Å². The average Bonchev–Trinajstić information content (AvgIpc) is 2.87. The van der Waals surface area contributed by atoms with Gasteiger partial charge in [0.15, 0.2) is 0 Å². The molecule has 4 N–H and O–H groups in total. The second kappa shape index (κ2) is 13.9. The number of carbonyl (C=O) groups is 4. The number of rotatable bonds is 11. The van der Waals surface area contributed by atoms with Crippen LogP contribution < -0.4 is 16.4 Å². The van der Waals surface area contributed by atoms with Crippen molar-refractivity contribution in [1.29, 1.82) is 0 Å². The highest BCUT2D eigenvalue weighted by molar-refractivity contribution is 6.00. The van der Waals surface area contributed by atoms with Gasteiger partial charge in [0.05, 0.1) is 0 Å². The SMILES string of the molecule is CCC(C)(C)N(C(=O)C(CCC(N)=O)NC(=O)OC(C)(C)C)C(C(=O)Nc1c(C)cccc1C)c1ccc(C)c(C)c1. The van der Waals surface area contributed by atoms with E-state index in [1.807, 2.05) is 84.9 Å². The van der Waals surface area contributed by atoms with Gasteiger partial charge in [0, 0.05) is 17.6 Å². The monoisotopic (exact) mass is 580 g/mol. The van der Waals surface area contributed by atoms with E-state index in [9.17, 15) is 19.2 Å². The molecule has 0 saturated heterocycles. The molecule has 0 aromatic heterocycles. The first-order chi connectivity index (χ1) is 19.4. The lowest BCUT2D eigenvalue weighted by molar-refractivity contribution is -0.148. The molecule has 0 heterocycles. The molecule has 0 fully saturated rings. The molecule has 9 nitrogen and oxygen atoms in total. The maximum Gasteiger partial charge on any atom is 0.408 e. The van der Waals surface area contributed by atoms with Crippen LogP contribution in [0.4, 0.5) is 10.5 Å². The van der Waals surface area contributed by atoms with Gasteiger partial charge in [0.1, 0.15) is 17.7 Å². The van der Waals surface area contributed by atoms with Crippen molar-refractivity contribution in [1.82, 2.24) is 10.2 Å². The molecule has 230 valence electrons. The number of amides is 4. The van der Waals surface area contributed by atoms with Crippen LogP contribution in [-0.2, 0) is 19.1 Å². The van der Waals surface area contributed by atoms with Gasteiger partial charge in [-0.05, 0) is 103 Å². The molecule has 0 aliphatic heterocycles. The van der Waals surface area contributed by atoms with Gasteiger partial charge < -0.3 is 26.0 Å². The standard InChI is InChI=1S/C33H48N4O5/c1-11-33(9,10)37(30(40)25(17-18-26(34)38)35-31(41)42-32(6,7)8)28(24-16-15-20(2)23(5)19-24)29(39)36-27-21(3)13-12-14-22(27)4/h12-16,19,25,28H,11,17-18H2,1-10H3,(H2,34,38)(H,35,41)(H,36,39). The Kier molecular flexibility index (Phi) is 11.3. The summed E-state index contributed by atoms with van der Waals surface area (Å²) in [6.07, 6.45) is -0.495. The first-order valence-corrected chi connectivity index (χ1v) is 14.4. The highest BCUT2D eigenvalue weighted by Gasteiger charge is 2.43. The van der Waals surface area contributed by atoms with E-state index in [1.54, 1.807) is 20.8 Å². The normalized spacial score (nSPS) is 13.1. The number of ether oxygens (including phenoxy) is 1. The van der Waals surface area contributed by atoms with Crippen LogP contribution in [0.1, 0.15) is 94.7 Å². The minimum absolute atomic E-state index is 0.0537. The Morgan fingerprint density at radius 3 is 2.00 bits per heavy atom. The van der Waals surface area contributed by atoms with Gasteiger partial charge in [-0.1, -0.05) is 43.3 Å². The smallest absolute Gasteiger partial charge is 0.408 e. The molecule has 2 aromatic carbocycles. The zero-order valence-corrected chi connectivity index (χ0v) is 26.8. The van der Waals surface area contributed by atoms with E-state index in [4.69, 9.17) is 10.5 Å². The van der Waals surface area contributed by atoms with Crippen LogP contribution in [0.25, 0.3) is 0 Å². The van der Waals surface area contributed by atoms with Crippen molar-refractivity contribution in [2.75, 3.05) is 5.32 Å². The number of aryl methyl sites for hydroxylation is 4. The first-order valence-electron chi connectivity index (χ1n) is 14.4. The molecule has 0 aliphatic carbocycles. The van der Waals surface area contributed by atoms with Crippen LogP contribution in [0.3, 0.4) is 0 Å². The van der Waals surface area contributed by atoms with Crippen molar-refractivity contribution in [3.63, 3.8) is 0 Å². The lowest BCUT2D eigenvalue weighted by Gasteiger charge is -2.44. The van der Waals surface area contributed by atoms with E-state index in [1.165, 1.54) is 4.90 Å². The van der Waals surface area contributed by atoms with Crippen LogP contribution in [0.15, 0.2) is 36.4 Å². The minimum Gasteiger partial charge on any atom is -0.444 e. The van der Waals surface area contributed by atoms with Crippen LogP contribution in [0.5, 0.6) is 0 Å². The van der Waals surface area contributed by atoms with Crippen molar-refractivity contribution in [3.05, 3.63) is 64.2 Å². The third-order valence-corrected chi connectivity index (χ3v) is 7.51. The van der Waals surface area contributed by atoms with Crippen molar-refractivity contribution in [2.45, 2.75) is 112 Å². The summed E-state index contributed by atoms with van der Waals surface area (Å²) in [5, 5.41) is 5.73. The van der Waals surface area contributed by atoms with Gasteiger partial charge >= 0.3 is 6.09 Å². The molecule has 0 aliphatic rings. The Balaban J connectivity index is 2.73. The number of hydrogen-bond donors (Lipinski definition) is 3. The summed E-state index contributed by atoms with van der Waals surface area (Å²) in [6, 6.07) is 9.22. The largest absolute Gasteiger partial charge is 0.444 e. The quantitative estimate of drug-likeness (QED) is 0.310. The fourth-order valence-corrected chi connectivity index (χ4v) is 4.66. The van der Waals surface area contributed by atoms with Crippen molar-refractivity contribution in [2.24, 2.45) is 5.73 Å². The van der Waals surface area contributed by atoms with E-state index >= 15 is 0 Å². The second-order valence-electron chi connectivity index (χ2n) is 12.6. The maximum absolute atomic E-state index is 14.5. The summed E-state index contributed by atoms with van der Waals surface area (Å²) in [5.74, 6) is -1.52. The third-order valence-electron chi connectivity index (χ3n) is 7.51. The molecule has 2 unspecified atom stereocenters.